The van der Waals surface area contributed by atoms with Gasteiger partial charge in [0, 0.05) is 12.6 Å². The molecule has 64 valence electrons. The Labute approximate surface area is 65.7 Å². The van der Waals surface area contributed by atoms with Gasteiger partial charge >= 0.3 is 5.97 Å². The summed E-state index contributed by atoms with van der Waals surface area (Å²) in [6.07, 6.45) is 0.674. The molecule has 1 heterocycles. The second-order valence-electron chi connectivity index (χ2n) is 2.66. The lowest BCUT2D eigenvalue weighted by atomic mass is 9.96. The molecule has 1 aliphatic heterocycles. The molecule has 1 rings (SSSR count). The fraction of sp³-hybridized carbons (Fsp3) is 0.857. The van der Waals surface area contributed by atoms with Crippen LogP contribution in [-0.2, 0) is 14.3 Å². The normalized spacial score (nSPS) is 31.5. The van der Waals surface area contributed by atoms with Crippen LogP contribution in [0, 0.1) is 5.92 Å². The lowest BCUT2D eigenvalue weighted by Gasteiger charge is -2.26. The Bertz CT molecular complexity index is 149. The van der Waals surface area contributed by atoms with Crippen LogP contribution < -0.4 is 5.73 Å². The zero-order valence-corrected chi connectivity index (χ0v) is 6.58. The summed E-state index contributed by atoms with van der Waals surface area (Å²) in [6, 6.07) is -0.198. The van der Waals surface area contributed by atoms with Gasteiger partial charge in [-0.1, -0.05) is 0 Å². The number of esters is 1. The molecule has 0 radical (unpaired) electrons. The van der Waals surface area contributed by atoms with Crippen molar-refractivity contribution in [2.75, 3.05) is 20.3 Å². The highest BCUT2D eigenvalue weighted by atomic mass is 16.5. The van der Waals surface area contributed by atoms with Gasteiger partial charge in [-0.2, -0.15) is 0 Å². The Morgan fingerprint density at radius 3 is 3.00 bits per heavy atom. The Morgan fingerprint density at radius 2 is 2.45 bits per heavy atom. The number of hydrogen-bond acceptors (Lipinski definition) is 4. The van der Waals surface area contributed by atoms with Crippen LogP contribution in [0.15, 0.2) is 0 Å². The van der Waals surface area contributed by atoms with Gasteiger partial charge in [0.05, 0.1) is 19.6 Å². The highest BCUT2D eigenvalue weighted by Crippen LogP contribution is 2.14. The van der Waals surface area contributed by atoms with E-state index in [1.54, 1.807) is 0 Å². The van der Waals surface area contributed by atoms with E-state index < -0.39 is 0 Å². The number of nitrogens with two attached hydrogens (primary N) is 1. The van der Waals surface area contributed by atoms with E-state index in [1.165, 1.54) is 7.11 Å². The molecule has 4 heteroatoms. The van der Waals surface area contributed by atoms with E-state index in [0.717, 1.165) is 0 Å². The monoisotopic (exact) mass is 159 g/mol. The SMILES string of the molecule is COC(=O)[C@@H]1CCOC[C@@H]1N. The number of carbonyl (C=O) groups excluding carboxylic acids is 1. The van der Waals surface area contributed by atoms with E-state index in [4.69, 9.17) is 10.5 Å². The summed E-state index contributed by atoms with van der Waals surface area (Å²) in [5.41, 5.74) is 5.63. The van der Waals surface area contributed by atoms with E-state index in [2.05, 4.69) is 4.74 Å². The first-order chi connectivity index (χ1) is 5.25. The Hall–Kier alpha value is -0.610. The van der Waals surface area contributed by atoms with Crippen LogP contribution in [0.2, 0.25) is 0 Å². The van der Waals surface area contributed by atoms with E-state index in [9.17, 15) is 4.79 Å². The average Bonchev–Trinajstić information content (AvgIpc) is 2.04. The average molecular weight is 159 g/mol. The van der Waals surface area contributed by atoms with Crippen molar-refractivity contribution in [2.45, 2.75) is 12.5 Å². The maximum Gasteiger partial charge on any atom is 0.310 e. The maximum absolute atomic E-state index is 11.0. The minimum atomic E-state index is -0.221. The van der Waals surface area contributed by atoms with Crippen molar-refractivity contribution in [1.29, 1.82) is 0 Å². The highest BCUT2D eigenvalue weighted by molar-refractivity contribution is 5.73. The predicted octanol–water partition coefficient (Wildman–Crippen LogP) is -0.477. The predicted molar refractivity (Wildman–Crippen MR) is 38.9 cm³/mol. The molecule has 11 heavy (non-hydrogen) atoms. The summed E-state index contributed by atoms with van der Waals surface area (Å²) in [4.78, 5) is 11.0. The smallest absolute Gasteiger partial charge is 0.310 e. The lowest BCUT2D eigenvalue weighted by Crippen LogP contribution is -2.43. The first kappa shape index (κ1) is 8.49. The first-order valence-electron chi connectivity index (χ1n) is 3.67. The third-order valence-electron chi connectivity index (χ3n) is 1.90. The van der Waals surface area contributed by atoms with Crippen LogP contribution in [0.1, 0.15) is 6.42 Å². The number of hydrogen-bond donors (Lipinski definition) is 1. The second kappa shape index (κ2) is 3.69. The van der Waals surface area contributed by atoms with Crippen molar-refractivity contribution >= 4 is 5.97 Å². The Kier molecular flexibility index (Phi) is 2.84. The van der Waals surface area contributed by atoms with E-state index in [0.29, 0.717) is 19.6 Å². The van der Waals surface area contributed by atoms with Crippen molar-refractivity contribution in [3.8, 4) is 0 Å². The molecule has 2 atom stereocenters. The topological polar surface area (TPSA) is 61.5 Å². The van der Waals surface area contributed by atoms with Gasteiger partial charge in [-0.15, -0.1) is 0 Å². The summed E-state index contributed by atoms with van der Waals surface area (Å²) in [5.74, 6) is -0.394. The molecule has 4 nitrogen and oxygen atoms in total. The summed E-state index contributed by atoms with van der Waals surface area (Å²) in [7, 11) is 1.38. The van der Waals surface area contributed by atoms with Crippen molar-refractivity contribution in [1.82, 2.24) is 0 Å². The zero-order chi connectivity index (χ0) is 8.27. The van der Waals surface area contributed by atoms with E-state index >= 15 is 0 Å². The molecule has 0 amide bonds. The van der Waals surface area contributed by atoms with Gasteiger partial charge in [-0.25, -0.2) is 0 Å². The maximum atomic E-state index is 11.0. The van der Waals surface area contributed by atoms with Gasteiger partial charge in [0.15, 0.2) is 0 Å². The zero-order valence-electron chi connectivity index (χ0n) is 6.58. The third kappa shape index (κ3) is 1.91. The quantitative estimate of drug-likeness (QED) is 0.525. The van der Waals surface area contributed by atoms with Crippen LogP contribution in [0.4, 0.5) is 0 Å². The number of ether oxygens (including phenoxy) is 2. The molecule has 0 unspecified atom stereocenters. The van der Waals surface area contributed by atoms with Gasteiger partial charge < -0.3 is 15.2 Å². The largest absolute Gasteiger partial charge is 0.469 e. The molecule has 0 aromatic carbocycles. The van der Waals surface area contributed by atoms with Crippen LogP contribution >= 0.6 is 0 Å². The van der Waals surface area contributed by atoms with Crippen molar-refractivity contribution in [3.05, 3.63) is 0 Å². The van der Waals surface area contributed by atoms with Crippen LogP contribution in [0.5, 0.6) is 0 Å². The minimum absolute atomic E-state index is 0.172. The molecule has 2 N–H and O–H groups in total. The van der Waals surface area contributed by atoms with Gasteiger partial charge in [0.1, 0.15) is 0 Å². The summed E-state index contributed by atoms with van der Waals surface area (Å²) >= 11 is 0. The number of carbonyl (C=O) groups is 1. The summed E-state index contributed by atoms with van der Waals surface area (Å²) < 4.78 is 9.66. The number of rotatable bonds is 1. The molecule has 1 saturated heterocycles. The molecule has 0 bridgehead atoms. The molecular weight excluding hydrogens is 146 g/mol. The molecular formula is C7H13NO3. The molecule has 0 spiro atoms. The third-order valence-corrected chi connectivity index (χ3v) is 1.90. The summed E-state index contributed by atoms with van der Waals surface area (Å²) in [6.45, 7) is 1.06. The second-order valence-corrected chi connectivity index (χ2v) is 2.66. The minimum Gasteiger partial charge on any atom is -0.469 e. The molecule has 0 aromatic heterocycles. The van der Waals surface area contributed by atoms with Gasteiger partial charge in [0.2, 0.25) is 0 Å². The Morgan fingerprint density at radius 1 is 1.73 bits per heavy atom. The van der Waals surface area contributed by atoms with Gasteiger partial charge in [-0.05, 0) is 6.42 Å². The molecule has 0 aliphatic carbocycles. The molecule has 0 saturated carbocycles. The van der Waals surface area contributed by atoms with Gasteiger partial charge in [0.25, 0.3) is 0 Å². The first-order valence-corrected chi connectivity index (χ1v) is 3.67. The van der Waals surface area contributed by atoms with Crippen molar-refractivity contribution < 1.29 is 14.3 Å². The highest BCUT2D eigenvalue weighted by Gasteiger charge is 2.29. The molecule has 0 aromatic rings. The Balaban J connectivity index is 2.47. The van der Waals surface area contributed by atoms with Crippen molar-refractivity contribution in [3.63, 3.8) is 0 Å². The molecule has 1 fully saturated rings. The summed E-state index contributed by atoms with van der Waals surface area (Å²) in [5, 5.41) is 0. The van der Waals surface area contributed by atoms with E-state index in [1.807, 2.05) is 0 Å². The fourth-order valence-corrected chi connectivity index (χ4v) is 1.20. The van der Waals surface area contributed by atoms with Gasteiger partial charge in [-0.3, -0.25) is 4.79 Å². The van der Waals surface area contributed by atoms with Crippen LogP contribution in [0.25, 0.3) is 0 Å². The fourth-order valence-electron chi connectivity index (χ4n) is 1.20. The van der Waals surface area contributed by atoms with Crippen LogP contribution in [0.3, 0.4) is 0 Å². The standard InChI is InChI=1S/C7H13NO3/c1-10-7(9)5-2-3-11-4-6(5)8/h5-6H,2-4,8H2,1H3/t5-,6+/m1/s1. The lowest BCUT2D eigenvalue weighted by molar-refractivity contribution is -0.149. The number of methoxy groups -OCH3 is 1. The molecule has 1 aliphatic rings. The van der Waals surface area contributed by atoms with Crippen LogP contribution in [-0.4, -0.2) is 32.3 Å². The van der Waals surface area contributed by atoms with E-state index in [-0.39, 0.29) is 17.9 Å². The van der Waals surface area contributed by atoms with Crippen molar-refractivity contribution in [2.24, 2.45) is 11.7 Å².